The number of H-pyrrole nitrogens is 1. The van der Waals surface area contributed by atoms with E-state index in [4.69, 9.17) is 21.6 Å². The molecule has 1 saturated heterocycles. The molecule has 108 valence electrons. The van der Waals surface area contributed by atoms with Crippen LogP contribution in [0.1, 0.15) is 17.3 Å². The normalized spacial score (nSPS) is 21.5. The Hall–Kier alpha value is -2.17. The number of halogens is 1. The van der Waals surface area contributed by atoms with Crippen LogP contribution in [0, 0.1) is 11.3 Å². The van der Waals surface area contributed by atoms with Crippen molar-refractivity contribution in [1.82, 2.24) is 20.4 Å². The van der Waals surface area contributed by atoms with Gasteiger partial charge in [-0.15, -0.1) is 0 Å². The van der Waals surface area contributed by atoms with Crippen molar-refractivity contribution in [2.75, 3.05) is 25.1 Å². The number of nitriles is 1. The lowest BCUT2D eigenvalue weighted by Crippen LogP contribution is -2.23. The van der Waals surface area contributed by atoms with Crippen molar-refractivity contribution < 1.29 is 4.74 Å². The van der Waals surface area contributed by atoms with Gasteiger partial charge >= 0.3 is 0 Å². The van der Waals surface area contributed by atoms with E-state index in [0.29, 0.717) is 23.9 Å². The van der Waals surface area contributed by atoms with Crippen molar-refractivity contribution in [1.29, 1.82) is 5.26 Å². The highest BCUT2D eigenvalue weighted by Crippen LogP contribution is 2.31. The molecule has 3 rings (SSSR count). The fourth-order valence-corrected chi connectivity index (χ4v) is 2.71. The molecule has 0 aliphatic carbocycles. The van der Waals surface area contributed by atoms with Gasteiger partial charge in [0.15, 0.2) is 5.69 Å². The lowest BCUT2D eigenvalue weighted by atomic mass is 10.0. The second kappa shape index (κ2) is 5.68. The first-order chi connectivity index (χ1) is 10.2. The van der Waals surface area contributed by atoms with Crippen LogP contribution in [0.4, 0.5) is 5.82 Å². The van der Waals surface area contributed by atoms with Gasteiger partial charge in [-0.1, -0.05) is 11.6 Å². The number of hydrogen-bond acceptors (Lipinski definition) is 6. The van der Waals surface area contributed by atoms with Crippen molar-refractivity contribution in [3.05, 3.63) is 34.7 Å². The summed E-state index contributed by atoms with van der Waals surface area (Å²) in [5, 5.41) is 20.0. The fraction of sp³-hybridized carbons (Fsp3) is 0.385. The molecule has 2 aromatic heterocycles. The Kier molecular flexibility index (Phi) is 3.73. The second-order valence-electron chi connectivity index (χ2n) is 4.79. The molecule has 8 heteroatoms. The van der Waals surface area contributed by atoms with Crippen molar-refractivity contribution >= 4 is 17.4 Å². The van der Waals surface area contributed by atoms with Crippen molar-refractivity contribution in [2.45, 2.75) is 12.0 Å². The van der Waals surface area contributed by atoms with Gasteiger partial charge < -0.3 is 9.64 Å². The first kappa shape index (κ1) is 13.8. The first-order valence-corrected chi connectivity index (χ1v) is 6.80. The first-order valence-electron chi connectivity index (χ1n) is 6.43. The zero-order valence-corrected chi connectivity index (χ0v) is 12.1. The van der Waals surface area contributed by atoms with E-state index in [1.54, 1.807) is 25.4 Å². The Morgan fingerprint density at radius 3 is 3.00 bits per heavy atom. The molecule has 1 N–H and O–H groups in total. The summed E-state index contributed by atoms with van der Waals surface area (Å²) >= 11 is 5.92. The summed E-state index contributed by atoms with van der Waals surface area (Å²) in [6.45, 7) is 1.37. The average molecular weight is 305 g/mol. The quantitative estimate of drug-likeness (QED) is 0.920. The lowest BCUT2D eigenvalue weighted by Gasteiger charge is -2.17. The molecule has 0 saturated carbocycles. The smallest absolute Gasteiger partial charge is 0.161 e. The maximum atomic E-state index is 9.02. The predicted molar refractivity (Wildman–Crippen MR) is 76.1 cm³/mol. The minimum Gasteiger partial charge on any atom is -0.379 e. The second-order valence-corrected chi connectivity index (χ2v) is 5.20. The molecule has 2 aromatic rings. The third-order valence-electron chi connectivity index (χ3n) is 3.64. The summed E-state index contributed by atoms with van der Waals surface area (Å²) in [7, 11) is 1.68. The lowest BCUT2D eigenvalue weighted by molar-refractivity contribution is 0.105. The maximum Gasteiger partial charge on any atom is 0.161 e. The number of hydrogen-bond donors (Lipinski definition) is 1. The Labute approximate surface area is 126 Å². The number of methoxy groups -OCH3 is 1. The summed E-state index contributed by atoms with van der Waals surface area (Å²) in [6, 6.07) is 5.49. The van der Waals surface area contributed by atoms with Crippen molar-refractivity contribution in [3.63, 3.8) is 0 Å². The van der Waals surface area contributed by atoms with E-state index in [1.165, 1.54) is 0 Å². The van der Waals surface area contributed by atoms with Gasteiger partial charge in [0.1, 0.15) is 11.9 Å². The third-order valence-corrected chi connectivity index (χ3v) is 3.95. The molecule has 0 bridgehead atoms. The Morgan fingerprint density at radius 2 is 2.33 bits per heavy atom. The van der Waals surface area contributed by atoms with Crippen LogP contribution in [0.25, 0.3) is 0 Å². The van der Waals surface area contributed by atoms with E-state index < -0.39 is 0 Å². The summed E-state index contributed by atoms with van der Waals surface area (Å²) < 4.78 is 5.54. The standard InChI is InChI=1S/C13H13ClN6O/c1-21-12-7-20(6-8(12)11-5-16-19-18-11)13-3-2-9(14)10(4-15)17-13/h2-3,5,8,12H,6-7H2,1H3,(H,16,18,19)/t8-,12+/m0/s1. The van der Waals surface area contributed by atoms with Crippen LogP contribution in [0.5, 0.6) is 0 Å². The van der Waals surface area contributed by atoms with Crippen LogP contribution in [-0.2, 0) is 4.74 Å². The molecule has 7 nitrogen and oxygen atoms in total. The monoisotopic (exact) mass is 304 g/mol. The molecule has 1 aliphatic rings. The number of aromatic amines is 1. The van der Waals surface area contributed by atoms with E-state index >= 15 is 0 Å². The Balaban J connectivity index is 1.86. The van der Waals surface area contributed by atoms with Gasteiger partial charge in [-0.3, -0.25) is 0 Å². The van der Waals surface area contributed by atoms with E-state index in [2.05, 4.69) is 25.3 Å². The van der Waals surface area contributed by atoms with Crippen LogP contribution in [0.3, 0.4) is 0 Å². The van der Waals surface area contributed by atoms with Gasteiger partial charge in [-0.25, -0.2) is 4.98 Å². The van der Waals surface area contributed by atoms with Crippen LogP contribution >= 0.6 is 11.6 Å². The maximum absolute atomic E-state index is 9.02. The fourth-order valence-electron chi connectivity index (χ4n) is 2.56. The highest BCUT2D eigenvalue weighted by Gasteiger charge is 2.36. The summed E-state index contributed by atoms with van der Waals surface area (Å²) in [4.78, 5) is 6.35. The number of pyridine rings is 1. The number of nitrogens with one attached hydrogen (secondary N) is 1. The number of rotatable bonds is 3. The Morgan fingerprint density at radius 1 is 1.48 bits per heavy atom. The molecule has 0 unspecified atom stereocenters. The Bertz CT molecular complexity index is 668. The number of anilines is 1. The number of aromatic nitrogens is 4. The van der Waals surface area contributed by atoms with Crippen LogP contribution in [0.15, 0.2) is 18.3 Å². The minimum atomic E-state index is -0.00175. The van der Waals surface area contributed by atoms with E-state index in [1.807, 2.05) is 6.07 Å². The molecule has 1 fully saturated rings. The molecule has 0 amide bonds. The molecular weight excluding hydrogens is 292 g/mol. The van der Waals surface area contributed by atoms with Gasteiger partial charge in [0.25, 0.3) is 0 Å². The molecule has 0 spiro atoms. The van der Waals surface area contributed by atoms with Gasteiger partial charge in [0.2, 0.25) is 0 Å². The van der Waals surface area contributed by atoms with Gasteiger partial charge in [-0.2, -0.15) is 20.7 Å². The van der Waals surface area contributed by atoms with Gasteiger partial charge in [0.05, 0.1) is 28.9 Å². The summed E-state index contributed by atoms with van der Waals surface area (Å²) in [6.07, 6.45) is 1.70. The van der Waals surface area contributed by atoms with E-state index in [9.17, 15) is 0 Å². The third kappa shape index (κ3) is 2.55. The zero-order valence-electron chi connectivity index (χ0n) is 11.3. The number of ether oxygens (including phenoxy) is 1. The van der Waals surface area contributed by atoms with Gasteiger partial charge in [0, 0.05) is 20.2 Å². The van der Waals surface area contributed by atoms with Crippen molar-refractivity contribution in [2.24, 2.45) is 0 Å². The SMILES string of the molecule is CO[C@@H]1CN(c2ccc(Cl)c(C#N)n2)C[C@H]1c1cn[nH]n1. The topological polar surface area (TPSA) is 90.7 Å². The molecule has 0 radical (unpaired) electrons. The van der Waals surface area contributed by atoms with Crippen LogP contribution in [0.2, 0.25) is 5.02 Å². The van der Waals surface area contributed by atoms with Gasteiger partial charge in [-0.05, 0) is 12.1 Å². The molecule has 1 aliphatic heterocycles. The number of nitrogens with zero attached hydrogens (tertiary/aromatic N) is 5. The zero-order chi connectivity index (χ0) is 14.8. The molecule has 3 heterocycles. The average Bonchev–Trinajstić information content (AvgIpc) is 3.16. The summed E-state index contributed by atoms with van der Waals surface area (Å²) in [5.41, 5.74) is 1.09. The molecular formula is C13H13ClN6O. The molecule has 2 atom stereocenters. The largest absolute Gasteiger partial charge is 0.379 e. The van der Waals surface area contributed by atoms with E-state index in [0.717, 1.165) is 5.69 Å². The highest BCUT2D eigenvalue weighted by molar-refractivity contribution is 6.31. The van der Waals surface area contributed by atoms with Crippen LogP contribution in [-0.4, -0.2) is 46.7 Å². The summed E-state index contributed by atoms with van der Waals surface area (Å²) in [5.74, 6) is 0.820. The van der Waals surface area contributed by atoms with E-state index in [-0.39, 0.29) is 17.7 Å². The molecule has 21 heavy (non-hydrogen) atoms. The van der Waals surface area contributed by atoms with Crippen LogP contribution < -0.4 is 4.90 Å². The van der Waals surface area contributed by atoms with Crippen molar-refractivity contribution in [3.8, 4) is 6.07 Å². The predicted octanol–water partition coefficient (Wildman–Crippen LogP) is 1.34. The molecule has 0 aromatic carbocycles. The minimum absolute atomic E-state index is 0.00175. The highest BCUT2D eigenvalue weighted by atomic mass is 35.5.